The van der Waals surface area contributed by atoms with E-state index in [0.29, 0.717) is 6.54 Å². The monoisotopic (exact) mass is 243 g/mol. The van der Waals surface area contributed by atoms with Crippen LogP contribution in [0.4, 0.5) is 5.13 Å². The first-order valence-electron chi connectivity index (χ1n) is 5.08. The summed E-state index contributed by atoms with van der Waals surface area (Å²) in [4.78, 5) is 16.7. The van der Waals surface area contributed by atoms with Gasteiger partial charge in [-0.05, 0) is 0 Å². The van der Waals surface area contributed by atoms with Gasteiger partial charge in [0.1, 0.15) is 5.82 Å². The van der Waals surface area contributed by atoms with E-state index in [0.717, 1.165) is 11.0 Å². The van der Waals surface area contributed by atoms with Gasteiger partial charge in [-0.25, -0.2) is 4.98 Å². The highest BCUT2D eigenvalue weighted by Crippen LogP contribution is 2.24. The molecule has 0 aliphatic heterocycles. The molecule has 0 aliphatic carbocycles. The zero-order valence-electron chi connectivity index (χ0n) is 10.0. The Morgan fingerprint density at radius 1 is 1.50 bits per heavy atom. The molecule has 0 radical (unpaired) electrons. The second-order valence-corrected chi connectivity index (χ2v) is 5.45. The number of carbonyl (C=O) groups is 1. The molecule has 0 aromatic carbocycles. The molecule has 1 heterocycles. The summed E-state index contributed by atoms with van der Waals surface area (Å²) < 4.78 is 4.28. The van der Waals surface area contributed by atoms with Crippen molar-refractivity contribution >= 4 is 22.6 Å². The third-order valence-corrected chi connectivity index (χ3v) is 2.90. The van der Waals surface area contributed by atoms with Crippen molar-refractivity contribution in [3.05, 3.63) is 5.82 Å². The van der Waals surface area contributed by atoms with Gasteiger partial charge in [-0.1, -0.05) is 20.8 Å². The highest BCUT2D eigenvalue weighted by atomic mass is 32.1. The molecule has 0 fully saturated rings. The maximum atomic E-state index is 10.4. The summed E-state index contributed by atoms with van der Waals surface area (Å²) in [6.07, 6.45) is 0.112. The molecule has 0 unspecified atom stereocenters. The van der Waals surface area contributed by atoms with Crippen molar-refractivity contribution < 1.29 is 9.90 Å². The highest BCUT2D eigenvalue weighted by Gasteiger charge is 2.20. The van der Waals surface area contributed by atoms with E-state index in [4.69, 9.17) is 5.11 Å². The smallest absolute Gasteiger partial charge is 0.305 e. The number of rotatable bonds is 4. The molecule has 1 aromatic rings. The molecule has 1 aromatic heterocycles. The van der Waals surface area contributed by atoms with Gasteiger partial charge in [0.2, 0.25) is 5.13 Å². The molecule has 5 nitrogen and oxygen atoms in total. The van der Waals surface area contributed by atoms with Crippen molar-refractivity contribution in [2.24, 2.45) is 0 Å². The van der Waals surface area contributed by atoms with Gasteiger partial charge in [-0.3, -0.25) is 4.79 Å². The lowest BCUT2D eigenvalue weighted by molar-refractivity contribution is -0.136. The average molecular weight is 243 g/mol. The van der Waals surface area contributed by atoms with E-state index in [2.05, 4.69) is 30.1 Å². The minimum Gasteiger partial charge on any atom is -0.481 e. The number of hydrogen-bond donors (Lipinski definition) is 1. The average Bonchev–Trinajstić information content (AvgIpc) is 2.61. The Morgan fingerprint density at radius 2 is 2.12 bits per heavy atom. The summed E-state index contributed by atoms with van der Waals surface area (Å²) in [6, 6.07) is 0. The fourth-order valence-corrected chi connectivity index (χ4v) is 1.87. The van der Waals surface area contributed by atoms with Gasteiger partial charge in [0.25, 0.3) is 0 Å². The maximum Gasteiger partial charge on any atom is 0.305 e. The first-order valence-corrected chi connectivity index (χ1v) is 5.85. The van der Waals surface area contributed by atoms with Gasteiger partial charge in [0.05, 0.1) is 6.42 Å². The van der Waals surface area contributed by atoms with Gasteiger partial charge in [-0.2, -0.15) is 4.37 Å². The topological polar surface area (TPSA) is 66.3 Å². The van der Waals surface area contributed by atoms with Crippen molar-refractivity contribution in [2.75, 3.05) is 18.5 Å². The van der Waals surface area contributed by atoms with Crippen molar-refractivity contribution in [2.45, 2.75) is 32.6 Å². The third kappa shape index (κ3) is 3.44. The van der Waals surface area contributed by atoms with E-state index in [1.54, 1.807) is 0 Å². The highest BCUT2D eigenvalue weighted by molar-refractivity contribution is 7.09. The lowest BCUT2D eigenvalue weighted by Gasteiger charge is -2.15. The number of nitrogens with zero attached hydrogens (tertiary/aromatic N) is 3. The Balaban J connectivity index is 2.67. The van der Waals surface area contributed by atoms with Gasteiger partial charge in [0, 0.05) is 30.5 Å². The van der Waals surface area contributed by atoms with Gasteiger partial charge in [0.15, 0.2) is 0 Å². The molecular formula is C10H17N3O2S. The predicted molar refractivity (Wildman–Crippen MR) is 64.1 cm³/mol. The van der Waals surface area contributed by atoms with Crippen LogP contribution in [0.3, 0.4) is 0 Å². The molecule has 16 heavy (non-hydrogen) atoms. The van der Waals surface area contributed by atoms with E-state index < -0.39 is 5.97 Å². The quantitative estimate of drug-likeness (QED) is 0.872. The molecule has 1 rings (SSSR count). The van der Waals surface area contributed by atoms with Crippen LogP contribution in [0, 0.1) is 0 Å². The second kappa shape index (κ2) is 4.78. The van der Waals surface area contributed by atoms with Crippen LogP contribution in [0.15, 0.2) is 0 Å². The van der Waals surface area contributed by atoms with Crippen molar-refractivity contribution in [3.63, 3.8) is 0 Å². The number of anilines is 1. The van der Waals surface area contributed by atoms with Crippen LogP contribution >= 0.6 is 11.5 Å². The predicted octanol–water partition coefficient (Wildman–Crippen LogP) is 1.75. The molecular weight excluding hydrogens is 226 g/mol. The first kappa shape index (κ1) is 12.9. The van der Waals surface area contributed by atoms with Gasteiger partial charge < -0.3 is 10.0 Å². The molecule has 0 bridgehead atoms. The lowest BCUT2D eigenvalue weighted by Crippen LogP contribution is -2.21. The van der Waals surface area contributed by atoms with E-state index in [9.17, 15) is 4.79 Å². The van der Waals surface area contributed by atoms with Crippen LogP contribution in [0.1, 0.15) is 33.0 Å². The molecule has 0 amide bonds. The fourth-order valence-electron chi connectivity index (χ4n) is 1.03. The lowest BCUT2D eigenvalue weighted by atomic mass is 9.96. The minimum absolute atomic E-state index is 0.0671. The van der Waals surface area contributed by atoms with Crippen LogP contribution in [0.2, 0.25) is 0 Å². The Kier molecular flexibility index (Phi) is 3.85. The van der Waals surface area contributed by atoms with E-state index in [1.165, 1.54) is 11.5 Å². The summed E-state index contributed by atoms with van der Waals surface area (Å²) in [5, 5.41) is 9.35. The van der Waals surface area contributed by atoms with Crippen LogP contribution in [0.5, 0.6) is 0 Å². The number of carboxylic acid groups (broad SMARTS) is 1. The molecule has 0 aliphatic rings. The van der Waals surface area contributed by atoms with Crippen LogP contribution in [-0.2, 0) is 10.2 Å². The van der Waals surface area contributed by atoms with Crippen LogP contribution < -0.4 is 4.90 Å². The van der Waals surface area contributed by atoms with Crippen LogP contribution in [-0.4, -0.2) is 34.0 Å². The van der Waals surface area contributed by atoms with Crippen molar-refractivity contribution in [1.29, 1.82) is 0 Å². The van der Waals surface area contributed by atoms with E-state index in [-0.39, 0.29) is 11.8 Å². The molecule has 0 saturated heterocycles. The Labute approximate surface area is 99.3 Å². The molecule has 1 N–H and O–H groups in total. The van der Waals surface area contributed by atoms with Gasteiger partial charge >= 0.3 is 5.97 Å². The molecule has 0 saturated carbocycles. The van der Waals surface area contributed by atoms with Crippen molar-refractivity contribution in [3.8, 4) is 0 Å². The summed E-state index contributed by atoms with van der Waals surface area (Å²) >= 11 is 1.31. The Hall–Kier alpha value is -1.17. The number of aliphatic carboxylic acids is 1. The first-order chi connectivity index (χ1) is 7.30. The normalized spacial score (nSPS) is 11.5. The fraction of sp³-hybridized carbons (Fsp3) is 0.700. The number of aromatic nitrogens is 2. The molecule has 6 heteroatoms. The molecule has 0 atom stereocenters. The SMILES string of the molecule is CN(CCC(=O)O)c1nc(C(C)(C)C)ns1. The number of hydrogen-bond acceptors (Lipinski definition) is 5. The Morgan fingerprint density at radius 3 is 2.56 bits per heavy atom. The zero-order valence-corrected chi connectivity index (χ0v) is 10.8. The van der Waals surface area contributed by atoms with E-state index >= 15 is 0 Å². The minimum atomic E-state index is -0.799. The standard InChI is InChI=1S/C10H17N3O2S/c1-10(2,3)8-11-9(16-12-8)13(4)6-5-7(14)15/h5-6H2,1-4H3,(H,14,15). The Bertz CT molecular complexity index is 370. The van der Waals surface area contributed by atoms with Crippen LogP contribution in [0.25, 0.3) is 0 Å². The number of carboxylic acids is 1. The summed E-state index contributed by atoms with van der Waals surface area (Å²) in [6.45, 7) is 6.61. The maximum absolute atomic E-state index is 10.4. The van der Waals surface area contributed by atoms with E-state index in [1.807, 2.05) is 11.9 Å². The largest absolute Gasteiger partial charge is 0.481 e. The molecule has 0 spiro atoms. The zero-order chi connectivity index (χ0) is 12.3. The summed E-state index contributed by atoms with van der Waals surface area (Å²) in [5.74, 6) is 0.00193. The molecule has 90 valence electrons. The van der Waals surface area contributed by atoms with Crippen molar-refractivity contribution in [1.82, 2.24) is 9.36 Å². The second-order valence-electron chi connectivity index (χ2n) is 4.72. The third-order valence-electron chi connectivity index (χ3n) is 2.07. The summed E-state index contributed by atoms with van der Waals surface area (Å²) in [5.41, 5.74) is -0.0671. The summed E-state index contributed by atoms with van der Waals surface area (Å²) in [7, 11) is 1.83. The van der Waals surface area contributed by atoms with Gasteiger partial charge in [-0.15, -0.1) is 0 Å².